The average Bonchev–Trinajstić information content (AvgIpc) is 2.46. The molecule has 0 saturated heterocycles. The summed E-state index contributed by atoms with van der Waals surface area (Å²) < 4.78 is 5.73. The fourth-order valence-electron chi connectivity index (χ4n) is 1.80. The highest BCUT2D eigenvalue weighted by Gasteiger charge is 2.10. The van der Waals surface area contributed by atoms with Gasteiger partial charge in [-0.25, -0.2) is 4.98 Å². The molecule has 0 saturated carbocycles. The number of hydrogen-bond acceptors (Lipinski definition) is 4. The van der Waals surface area contributed by atoms with Gasteiger partial charge in [-0.15, -0.1) is 11.8 Å². The summed E-state index contributed by atoms with van der Waals surface area (Å²) >= 11 is 1.56. The molecule has 3 nitrogen and oxygen atoms in total. The van der Waals surface area contributed by atoms with Crippen LogP contribution in [0.25, 0.3) is 0 Å². The first-order valence-corrected chi connectivity index (χ1v) is 7.44. The molecule has 0 N–H and O–H groups in total. The minimum atomic E-state index is 0.482. The Labute approximate surface area is 123 Å². The summed E-state index contributed by atoms with van der Waals surface area (Å²) in [6.07, 6.45) is 0. The normalized spacial score (nSPS) is 10.1. The van der Waals surface area contributed by atoms with Crippen molar-refractivity contribution in [2.24, 2.45) is 0 Å². The van der Waals surface area contributed by atoms with Gasteiger partial charge in [-0.05, 0) is 23.8 Å². The van der Waals surface area contributed by atoms with Crippen LogP contribution < -0.4 is 4.74 Å². The molecule has 0 amide bonds. The number of aryl methyl sites for hydroxylation is 1. The highest BCUT2D eigenvalue weighted by molar-refractivity contribution is 7.99. The molecule has 1 aromatic heterocycles. The lowest BCUT2D eigenvalue weighted by molar-refractivity contribution is 0.291. The van der Waals surface area contributed by atoms with Gasteiger partial charge >= 0.3 is 0 Å². The third-order valence-corrected chi connectivity index (χ3v) is 3.64. The van der Waals surface area contributed by atoms with Gasteiger partial charge in [0.1, 0.15) is 17.7 Å². The van der Waals surface area contributed by atoms with Crippen molar-refractivity contribution < 1.29 is 4.74 Å². The van der Waals surface area contributed by atoms with Gasteiger partial charge in [0.2, 0.25) is 5.88 Å². The second kappa shape index (κ2) is 6.97. The molecular formula is C16H16N2OS. The molecule has 0 fully saturated rings. The van der Waals surface area contributed by atoms with Crippen molar-refractivity contribution in [3.63, 3.8) is 0 Å². The van der Waals surface area contributed by atoms with E-state index in [-0.39, 0.29) is 0 Å². The van der Waals surface area contributed by atoms with Crippen molar-refractivity contribution in [2.75, 3.05) is 5.75 Å². The monoisotopic (exact) mass is 284 g/mol. The molecule has 0 bridgehead atoms. The Hall–Kier alpha value is -1.99. The van der Waals surface area contributed by atoms with E-state index < -0.39 is 0 Å². The van der Waals surface area contributed by atoms with E-state index in [1.54, 1.807) is 11.8 Å². The quantitative estimate of drug-likeness (QED) is 0.780. The van der Waals surface area contributed by atoms with Crippen LogP contribution in [0, 0.1) is 18.3 Å². The Morgan fingerprint density at radius 2 is 2.05 bits per heavy atom. The minimum absolute atomic E-state index is 0.482. The van der Waals surface area contributed by atoms with Crippen LogP contribution >= 0.6 is 11.8 Å². The van der Waals surface area contributed by atoms with Crippen molar-refractivity contribution in [1.29, 1.82) is 5.26 Å². The molecule has 0 radical (unpaired) electrons. The van der Waals surface area contributed by atoms with E-state index in [0.717, 1.165) is 21.9 Å². The fraction of sp³-hybridized carbons (Fsp3) is 0.250. The minimum Gasteiger partial charge on any atom is -0.473 e. The first-order chi connectivity index (χ1) is 9.74. The molecular weight excluding hydrogens is 268 g/mol. The molecule has 1 aromatic carbocycles. The van der Waals surface area contributed by atoms with Crippen LogP contribution in [-0.4, -0.2) is 10.7 Å². The first kappa shape index (κ1) is 14.4. The Bertz CT molecular complexity index is 620. The number of ether oxygens (including phenoxy) is 1. The summed E-state index contributed by atoms with van der Waals surface area (Å²) in [4.78, 5) is 4.43. The molecule has 0 aliphatic heterocycles. The number of hydrogen-bond donors (Lipinski definition) is 0. The highest BCUT2D eigenvalue weighted by atomic mass is 32.2. The van der Waals surface area contributed by atoms with Crippen LogP contribution in [0.4, 0.5) is 0 Å². The molecule has 20 heavy (non-hydrogen) atoms. The van der Waals surface area contributed by atoms with E-state index in [1.165, 1.54) is 0 Å². The lowest BCUT2D eigenvalue weighted by Gasteiger charge is -2.10. The van der Waals surface area contributed by atoms with Crippen molar-refractivity contribution in [3.8, 4) is 11.9 Å². The molecule has 0 atom stereocenters. The molecule has 1 heterocycles. The van der Waals surface area contributed by atoms with Crippen LogP contribution in [0.1, 0.15) is 23.6 Å². The predicted octanol–water partition coefficient (Wildman–Crippen LogP) is 3.95. The molecule has 2 rings (SSSR count). The molecule has 2 aromatic rings. The summed E-state index contributed by atoms with van der Waals surface area (Å²) in [5, 5.41) is 9.93. The molecule has 0 aliphatic rings. The third-order valence-electron chi connectivity index (χ3n) is 2.78. The van der Waals surface area contributed by atoms with E-state index >= 15 is 0 Å². The van der Waals surface area contributed by atoms with Gasteiger partial charge < -0.3 is 4.74 Å². The lowest BCUT2D eigenvalue weighted by Crippen LogP contribution is -2.00. The zero-order valence-electron chi connectivity index (χ0n) is 11.6. The summed E-state index contributed by atoms with van der Waals surface area (Å²) in [7, 11) is 0. The number of aromatic nitrogens is 1. The molecule has 0 spiro atoms. The van der Waals surface area contributed by atoms with E-state index in [1.807, 2.05) is 50.2 Å². The smallest absolute Gasteiger partial charge is 0.214 e. The number of nitrogens with zero attached hydrogens (tertiary/aromatic N) is 2. The van der Waals surface area contributed by atoms with Crippen LogP contribution in [0.2, 0.25) is 0 Å². The van der Waals surface area contributed by atoms with Crippen LogP contribution in [0.15, 0.2) is 41.4 Å². The summed E-state index contributed by atoms with van der Waals surface area (Å²) in [6.45, 7) is 4.44. The van der Waals surface area contributed by atoms with Crippen molar-refractivity contribution >= 4 is 11.8 Å². The molecule has 0 aliphatic carbocycles. The Balaban J connectivity index is 2.18. The number of benzene rings is 1. The standard InChI is InChI=1S/C16H16N2OS/c1-3-20-16-14(10-17)12(2)9-15(18-16)19-11-13-7-5-4-6-8-13/h4-9H,3,11H2,1-2H3. The summed E-state index contributed by atoms with van der Waals surface area (Å²) in [5.41, 5.74) is 2.64. The predicted molar refractivity (Wildman–Crippen MR) is 80.9 cm³/mol. The van der Waals surface area contributed by atoms with E-state index in [4.69, 9.17) is 4.74 Å². The average molecular weight is 284 g/mol. The number of nitriles is 1. The van der Waals surface area contributed by atoms with E-state index in [9.17, 15) is 5.26 Å². The first-order valence-electron chi connectivity index (χ1n) is 6.46. The number of thioether (sulfide) groups is 1. The van der Waals surface area contributed by atoms with Crippen molar-refractivity contribution in [3.05, 3.63) is 53.1 Å². The molecule has 0 unspecified atom stereocenters. The highest BCUT2D eigenvalue weighted by Crippen LogP contribution is 2.26. The molecule has 102 valence electrons. The summed E-state index contributed by atoms with van der Waals surface area (Å²) in [5.74, 6) is 1.45. The molecule has 4 heteroatoms. The van der Waals surface area contributed by atoms with Crippen LogP contribution in [-0.2, 0) is 6.61 Å². The van der Waals surface area contributed by atoms with Gasteiger partial charge in [-0.3, -0.25) is 0 Å². The lowest BCUT2D eigenvalue weighted by atomic mass is 10.2. The maximum Gasteiger partial charge on any atom is 0.214 e. The second-order valence-corrected chi connectivity index (χ2v) is 5.53. The van der Waals surface area contributed by atoms with E-state index in [2.05, 4.69) is 11.1 Å². The Kier molecular flexibility index (Phi) is 5.03. The number of rotatable bonds is 5. The van der Waals surface area contributed by atoms with Gasteiger partial charge in [0, 0.05) is 6.07 Å². The Morgan fingerprint density at radius 1 is 1.30 bits per heavy atom. The van der Waals surface area contributed by atoms with Gasteiger partial charge in [-0.2, -0.15) is 5.26 Å². The Morgan fingerprint density at radius 3 is 2.70 bits per heavy atom. The topological polar surface area (TPSA) is 45.9 Å². The zero-order valence-corrected chi connectivity index (χ0v) is 12.4. The largest absolute Gasteiger partial charge is 0.473 e. The van der Waals surface area contributed by atoms with Crippen LogP contribution in [0.3, 0.4) is 0 Å². The van der Waals surface area contributed by atoms with Gasteiger partial charge in [-0.1, -0.05) is 37.3 Å². The SMILES string of the molecule is CCSc1nc(OCc2ccccc2)cc(C)c1C#N. The zero-order chi connectivity index (χ0) is 14.4. The number of pyridine rings is 1. The van der Waals surface area contributed by atoms with Crippen molar-refractivity contribution in [1.82, 2.24) is 4.98 Å². The van der Waals surface area contributed by atoms with Crippen LogP contribution in [0.5, 0.6) is 5.88 Å². The maximum atomic E-state index is 9.18. The van der Waals surface area contributed by atoms with Gasteiger partial charge in [0.05, 0.1) is 5.56 Å². The maximum absolute atomic E-state index is 9.18. The second-order valence-electron chi connectivity index (χ2n) is 4.28. The van der Waals surface area contributed by atoms with Gasteiger partial charge in [0.15, 0.2) is 0 Å². The third kappa shape index (κ3) is 3.52. The van der Waals surface area contributed by atoms with Crippen molar-refractivity contribution in [2.45, 2.75) is 25.5 Å². The van der Waals surface area contributed by atoms with E-state index in [0.29, 0.717) is 18.1 Å². The van der Waals surface area contributed by atoms with Gasteiger partial charge in [0.25, 0.3) is 0 Å². The fourth-order valence-corrected chi connectivity index (χ4v) is 2.58. The summed E-state index contributed by atoms with van der Waals surface area (Å²) in [6, 6.07) is 14.0.